The number of benzene rings is 1. The molecule has 0 radical (unpaired) electrons. The molecule has 1 saturated heterocycles. The number of hydrogen-bond acceptors (Lipinski definition) is 7. The Morgan fingerprint density at radius 2 is 1.93 bits per heavy atom. The van der Waals surface area contributed by atoms with Crippen LogP contribution in [0.15, 0.2) is 35.9 Å². The van der Waals surface area contributed by atoms with Crippen molar-refractivity contribution in [3.8, 4) is 0 Å². The molecule has 2 aliphatic carbocycles. The number of sulfone groups is 1. The number of carboxylic acid groups (broad SMARTS) is 1. The molecule has 1 heterocycles. The molecule has 10 heteroatoms. The van der Waals surface area contributed by atoms with Crippen molar-refractivity contribution in [3.63, 3.8) is 0 Å². The first kappa shape index (κ1) is 34.7. The minimum Gasteiger partial charge on any atom is -0.480 e. The average molecular weight is 647 g/mol. The molecule has 0 aromatic heterocycles. The van der Waals surface area contributed by atoms with Gasteiger partial charge in [0.05, 0.1) is 11.9 Å². The second-order valence-corrected chi connectivity index (χ2v) is 16.3. The van der Waals surface area contributed by atoms with Crippen molar-refractivity contribution in [1.29, 1.82) is 0 Å². The molecule has 0 bridgehead atoms. The third kappa shape index (κ3) is 9.44. The van der Waals surface area contributed by atoms with Gasteiger partial charge in [0.25, 0.3) is 5.91 Å². The highest BCUT2D eigenvalue weighted by Crippen LogP contribution is 2.34. The summed E-state index contributed by atoms with van der Waals surface area (Å²) < 4.78 is 31.4. The van der Waals surface area contributed by atoms with E-state index >= 15 is 0 Å². The minimum absolute atomic E-state index is 0.00643. The highest BCUT2D eigenvalue weighted by Gasteiger charge is 2.38. The quantitative estimate of drug-likeness (QED) is 0.270. The highest BCUT2D eigenvalue weighted by atomic mass is 32.2. The molecule has 44 heavy (non-hydrogen) atoms. The van der Waals surface area contributed by atoms with Gasteiger partial charge >= 0.3 is 5.97 Å². The second kappa shape index (κ2) is 15.9. The van der Waals surface area contributed by atoms with E-state index in [4.69, 9.17) is 4.74 Å². The number of aliphatic carboxylic acids is 1. The first-order chi connectivity index (χ1) is 21.0. The van der Waals surface area contributed by atoms with Crippen LogP contribution < -0.4 is 5.32 Å². The number of likely N-dealkylation sites (tertiary alicyclic amines) is 1. The van der Waals surface area contributed by atoms with Crippen molar-refractivity contribution >= 4 is 39.0 Å². The maximum atomic E-state index is 13.6. The van der Waals surface area contributed by atoms with Crippen molar-refractivity contribution in [2.75, 3.05) is 38.0 Å². The molecule has 4 unspecified atom stereocenters. The Morgan fingerprint density at radius 1 is 1.18 bits per heavy atom. The summed E-state index contributed by atoms with van der Waals surface area (Å²) in [5.41, 5.74) is 4.26. The third-order valence-corrected chi connectivity index (χ3v) is 11.6. The molecule has 4 atom stereocenters. The number of nitrogens with zero attached hydrogens (tertiary/aromatic N) is 1. The van der Waals surface area contributed by atoms with Gasteiger partial charge < -0.3 is 15.2 Å². The number of hydrogen-bond donors (Lipinski definition) is 2. The van der Waals surface area contributed by atoms with Crippen LogP contribution in [0.5, 0.6) is 0 Å². The van der Waals surface area contributed by atoms with E-state index in [2.05, 4.69) is 29.3 Å². The van der Waals surface area contributed by atoms with Gasteiger partial charge in [-0.25, -0.2) is 13.2 Å². The van der Waals surface area contributed by atoms with E-state index < -0.39 is 33.0 Å². The fourth-order valence-corrected chi connectivity index (χ4v) is 8.18. The van der Waals surface area contributed by atoms with Gasteiger partial charge in [-0.3, -0.25) is 9.69 Å². The Bertz CT molecular complexity index is 1330. The Hall–Kier alpha value is -2.14. The van der Waals surface area contributed by atoms with E-state index in [1.807, 2.05) is 25.3 Å². The maximum absolute atomic E-state index is 13.6. The van der Waals surface area contributed by atoms with Gasteiger partial charge in [0.15, 0.2) is 9.84 Å². The predicted molar refractivity (Wildman–Crippen MR) is 179 cm³/mol. The molecule has 1 aromatic rings. The molecule has 3 aliphatic rings. The normalized spacial score (nSPS) is 24.0. The van der Waals surface area contributed by atoms with E-state index in [1.165, 1.54) is 38.4 Å². The number of thioether (sulfide) groups is 1. The van der Waals surface area contributed by atoms with Crippen molar-refractivity contribution in [2.45, 2.75) is 89.1 Å². The van der Waals surface area contributed by atoms with Crippen LogP contribution in [-0.4, -0.2) is 85.7 Å². The van der Waals surface area contributed by atoms with E-state index in [1.54, 1.807) is 17.8 Å². The number of amides is 1. The van der Waals surface area contributed by atoms with E-state index in [0.29, 0.717) is 55.7 Å². The van der Waals surface area contributed by atoms with Crippen LogP contribution in [0.4, 0.5) is 0 Å². The first-order valence-corrected chi connectivity index (χ1v) is 19.4. The Morgan fingerprint density at radius 3 is 2.61 bits per heavy atom. The topological polar surface area (TPSA) is 113 Å². The average Bonchev–Trinajstić information content (AvgIpc) is 3.39. The summed E-state index contributed by atoms with van der Waals surface area (Å²) in [4.78, 5) is 27.7. The molecule has 8 nitrogen and oxygen atoms in total. The first-order valence-electron chi connectivity index (χ1n) is 16.0. The summed E-state index contributed by atoms with van der Waals surface area (Å²) in [5, 5.41) is 12.0. The predicted octanol–water partition coefficient (Wildman–Crippen LogP) is 5.58. The second-order valence-electron chi connectivity index (χ2n) is 13.0. The van der Waals surface area contributed by atoms with Gasteiger partial charge in [-0.05, 0) is 97.3 Å². The van der Waals surface area contributed by atoms with Crippen LogP contribution in [0.1, 0.15) is 86.7 Å². The fourth-order valence-electron chi connectivity index (χ4n) is 6.67. The fraction of sp³-hybridized carbons (Fsp3) is 0.647. The van der Waals surface area contributed by atoms with Crippen LogP contribution in [-0.2, 0) is 25.9 Å². The van der Waals surface area contributed by atoms with Crippen molar-refractivity contribution in [2.24, 2.45) is 11.8 Å². The molecular weight excluding hydrogens is 597 g/mol. The SMILES string of the molecule is CSCCC(NC(=O)c1ccc(CN2CC(S(C)(=O)=O)CC2COCC2CCCCC2)cc1C1=CC(C)CC=C1C)C(=O)O. The van der Waals surface area contributed by atoms with Crippen molar-refractivity contribution < 1.29 is 27.9 Å². The largest absolute Gasteiger partial charge is 0.480 e. The number of carbonyl (C=O) groups excluding carboxylic acids is 1. The number of nitrogens with one attached hydrogen (secondary N) is 1. The standard InChI is InChI=1S/C34H50N2O6S2/c1-23-10-11-24(2)30(16-23)31-17-26(12-13-29(31)33(37)35-32(34(38)39)14-15-43-3)19-36-20-28(44(4,40)41)18-27(36)22-42-21-25-8-6-5-7-9-25/h11-13,16-17,23,25,27-28,32H,5-10,14-15,18-22H2,1-4H3,(H,35,37)(H,38,39). The van der Waals surface area contributed by atoms with E-state index in [0.717, 1.165) is 35.3 Å². The van der Waals surface area contributed by atoms with Crippen molar-refractivity contribution in [3.05, 3.63) is 52.6 Å². The Labute approximate surface area is 268 Å². The van der Waals surface area contributed by atoms with Crippen LogP contribution in [0.2, 0.25) is 0 Å². The number of allylic oxidation sites excluding steroid dienone is 4. The zero-order valence-corrected chi connectivity index (χ0v) is 28.4. The van der Waals surface area contributed by atoms with Crippen LogP contribution in [0.3, 0.4) is 0 Å². The smallest absolute Gasteiger partial charge is 0.326 e. The molecule has 4 rings (SSSR count). The number of carbonyl (C=O) groups is 2. The van der Waals surface area contributed by atoms with Gasteiger partial charge in [-0.1, -0.05) is 44.4 Å². The third-order valence-electron chi connectivity index (χ3n) is 9.37. The maximum Gasteiger partial charge on any atom is 0.326 e. The summed E-state index contributed by atoms with van der Waals surface area (Å²) in [6, 6.07) is 4.76. The molecule has 244 valence electrons. The van der Waals surface area contributed by atoms with Gasteiger partial charge in [0, 0.05) is 37.6 Å². The van der Waals surface area contributed by atoms with Crippen molar-refractivity contribution in [1.82, 2.24) is 10.2 Å². The lowest BCUT2D eigenvalue weighted by molar-refractivity contribution is -0.139. The molecule has 1 amide bonds. The Balaban J connectivity index is 1.58. The monoisotopic (exact) mass is 646 g/mol. The number of carboxylic acids is 1. The van der Waals surface area contributed by atoms with Gasteiger partial charge in [-0.15, -0.1) is 0 Å². The van der Waals surface area contributed by atoms with Gasteiger partial charge in [0.2, 0.25) is 0 Å². The number of rotatable bonds is 14. The van der Waals surface area contributed by atoms with Crippen LogP contribution in [0, 0.1) is 11.8 Å². The summed E-state index contributed by atoms with van der Waals surface area (Å²) >= 11 is 1.54. The van der Waals surface area contributed by atoms with Crippen LogP contribution >= 0.6 is 11.8 Å². The molecule has 2 N–H and O–H groups in total. The molecule has 1 saturated carbocycles. The summed E-state index contributed by atoms with van der Waals surface area (Å²) in [6.07, 6.45) is 15.6. The van der Waals surface area contributed by atoms with Crippen LogP contribution in [0.25, 0.3) is 5.57 Å². The lowest BCUT2D eigenvalue weighted by Gasteiger charge is -2.27. The van der Waals surface area contributed by atoms with E-state index in [-0.39, 0.29) is 6.04 Å². The molecular formula is C34H50N2O6S2. The molecule has 2 fully saturated rings. The van der Waals surface area contributed by atoms with Gasteiger partial charge in [0.1, 0.15) is 6.04 Å². The highest BCUT2D eigenvalue weighted by molar-refractivity contribution is 7.98. The van der Waals surface area contributed by atoms with Gasteiger partial charge in [-0.2, -0.15) is 11.8 Å². The van der Waals surface area contributed by atoms with E-state index in [9.17, 15) is 23.1 Å². The summed E-state index contributed by atoms with van der Waals surface area (Å²) in [6.45, 7) is 6.41. The lowest BCUT2D eigenvalue weighted by atomic mass is 9.85. The molecule has 1 aromatic carbocycles. The zero-order chi connectivity index (χ0) is 31.9. The minimum atomic E-state index is -3.20. The number of ether oxygens (including phenoxy) is 1. The molecule has 1 aliphatic heterocycles. The summed E-state index contributed by atoms with van der Waals surface area (Å²) in [7, 11) is -3.20. The zero-order valence-electron chi connectivity index (χ0n) is 26.7. The summed E-state index contributed by atoms with van der Waals surface area (Å²) in [5.74, 6) is 0.0807. The lowest BCUT2D eigenvalue weighted by Crippen LogP contribution is -2.41. The Kier molecular flexibility index (Phi) is 12.6. The molecule has 0 spiro atoms.